The molecule has 2 heteroatoms. The van der Waals surface area contributed by atoms with Crippen LogP contribution in [0.5, 0.6) is 0 Å². The summed E-state index contributed by atoms with van der Waals surface area (Å²) in [7, 11) is 0. The van der Waals surface area contributed by atoms with Gasteiger partial charge in [0.25, 0.3) is 0 Å². The predicted octanol–water partition coefficient (Wildman–Crippen LogP) is 10.4. The van der Waals surface area contributed by atoms with E-state index >= 15 is 0 Å². The molecule has 0 saturated carbocycles. The van der Waals surface area contributed by atoms with E-state index in [4.69, 9.17) is 4.74 Å². The van der Waals surface area contributed by atoms with Crippen molar-refractivity contribution in [1.29, 1.82) is 0 Å². The van der Waals surface area contributed by atoms with Crippen molar-refractivity contribution in [3.05, 3.63) is 0 Å². The number of unbranched alkanes of at least 4 members (excludes halogenated alkanes) is 17. The molecule has 0 bridgehead atoms. The van der Waals surface area contributed by atoms with Gasteiger partial charge >= 0.3 is 5.97 Å². The second kappa shape index (κ2) is 25.1. The molecular weight excluding hydrogens is 392 g/mol. The van der Waals surface area contributed by atoms with Crippen LogP contribution in [0.1, 0.15) is 169 Å². The fourth-order valence-corrected chi connectivity index (χ4v) is 4.39. The Hall–Kier alpha value is -0.530. The molecule has 0 amide bonds. The lowest BCUT2D eigenvalue weighted by Gasteiger charge is -2.06. The number of carbonyl (C=O) groups excluding carboxylic acids is 1. The van der Waals surface area contributed by atoms with Gasteiger partial charge in [-0.25, -0.2) is 0 Å². The molecule has 192 valence electrons. The number of hydrogen-bond acceptors (Lipinski definition) is 2. The van der Waals surface area contributed by atoms with E-state index < -0.39 is 0 Å². The minimum Gasteiger partial charge on any atom is -0.466 e. The Morgan fingerprint density at radius 2 is 0.781 bits per heavy atom. The highest BCUT2D eigenvalue weighted by atomic mass is 16.5. The summed E-state index contributed by atoms with van der Waals surface area (Å²) < 4.78 is 5.39. The van der Waals surface area contributed by atoms with Crippen LogP contribution in [0, 0.1) is 11.8 Å². The third-order valence-electron chi connectivity index (χ3n) is 6.60. The van der Waals surface area contributed by atoms with Crippen molar-refractivity contribution >= 4 is 5.97 Å². The molecule has 0 aromatic heterocycles. The van der Waals surface area contributed by atoms with Gasteiger partial charge in [-0.3, -0.25) is 4.79 Å². The molecule has 0 heterocycles. The Balaban J connectivity index is 3.15. The first-order valence-corrected chi connectivity index (χ1v) is 14.7. The summed E-state index contributed by atoms with van der Waals surface area (Å²) in [5, 5.41) is 0. The van der Waals surface area contributed by atoms with Crippen molar-refractivity contribution in [2.45, 2.75) is 169 Å². The van der Waals surface area contributed by atoms with Crippen LogP contribution in [0.25, 0.3) is 0 Å². The molecular formula is C30H60O2. The van der Waals surface area contributed by atoms with Gasteiger partial charge < -0.3 is 4.74 Å². The zero-order chi connectivity index (χ0) is 23.7. The maximum absolute atomic E-state index is 11.8. The lowest BCUT2D eigenvalue weighted by Crippen LogP contribution is -2.05. The van der Waals surface area contributed by atoms with Gasteiger partial charge in [0.2, 0.25) is 0 Å². The van der Waals surface area contributed by atoms with E-state index in [0.717, 1.165) is 24.7 Å². The second-order valence-corrected chi connectivity index (χ2v) is 11.1. The minimum absolute atomic E-state index is 0.0183. The maximum Gasteiger partial charge on any atom is 0.305 e. The Morgan fingerprint density at radius 3 is 1.16 bits per heavy atom. The number of rotatable bonds is 25. The van der Waals surface area contributed by atoms with Gasteiger partial charge in [0.1, 0.15) is 0 Å². The zero-order valence-corrected chi connectivity index (χ0v) is 22.7. The predicted molar refractivity (Wildman–Crippen MR) is 142 cm³/mol. The normalized spacial score (nSPS) is 11.6. The highest BCUT2D eigenvalue weighted by Gasteiger charge is 2.03. The maximum atomic E-state index is 11.8. The quantitative estimate of drug-likeness (QED) is 0.102. The van der Waals surface area contributed by atoms with E-state index in [2.05, 4.69) is 27.7 Å². The van der Waals surface area contributed by atoms with Crippen LogP contribution in [0.2, 0.25) is 0 Å². The molecule has 0 aliphatic carbocycles. The Labute approximate surface area is 203 Å². The molecule has 0 aliphatic heterocycles. The number of carbonyl (C=O) groups is 1. The van der Waals surface area contributed by atoms with Crippen LogP contribution in [0.15, 0.2) is 0 Å². The number of esters is 1. The summed E-state index contributed by atoms with van der Waals surface area (Å²) >= 11 is 0. The summed E-state index contributed by atoms with van der Waals surface area (Å²) in [5.41, 5.74) is 0. The number of ether oxygens (including phenoxy) is 1. The van der Waals surface area contributed by atoms with Gasteiger partial charge in [0.05, 0.1) is 6.61 Å². The van der Waals surface area contributed by atoms with Crippen molar-refractivity contribution in [3.63, 3.8) is 0 Å². The molecule has 0 unspecified atom stereocenters. The van der Waals surface area contributed by atoms with Crippen molar-refractivity contribution in [1.82, 2.24) is 0 Å². The molecule has 0 rings (SSSR count). The molecule has 2 nitrogen and oxygen atoms in total. The van der Waals surface area contributed by atoms with Crippen LogP contribution in [-0.2, 0) is 9.53 Å². The van der Waals surface area contributed by atoms with E-state index in [1.807, 2.05) is 0 Å². The van der Waals surface area contributed by atoms with Crippen LogP contribution >= 0.6 is 0 Å². The average Bonchev–Trinajstić information content (AvgIpc) is 2.74. The standard InChI is InChI=1S/C30H60O2/c1-28(2)24-20-16-12-10-8-6-5-7-9-11-15-19-23-27-32-30(31)26-22-18-14-13-17-21-25-29(3)4/h28-29H,5-27H2,1-4H3. The average molecular weight is 453 g/mol. The highest BCUT2D eigenvalue weighted by molar-refractivity contribution is 5.69. The third kappa shape index (κ3) is 27.5. The first-order chi connectivity index (χ1) is 15.5. The molecule has 0 radical (unpaired) electrons. The summed E-state index contributed by atoms with van der Waals surface area (Å²) in [5.74, 6) is 1.72. The Bertz CT molecular complexity index is 375. The monoisotopic (exact) mass is 452 g/mol. The van der Waals surface area contributed by atoms with E-state index in [9.17, 15) is 4.79 Å². The van der Waals surface area contributed by atoms with E-state index in [-0.39, 0.29) is 5.97 Å². The first kappa shape index (κ1) is 31.5. The molecule has 0 aromatic carbocycles. The van der Waals surface area contributed by atoms with Crippen LogP contribution < -0.4 is 0 Å². The lowest BCUT2D eigenvalue weighted by atomic mass is 10.0. The zero-order valence-electron chi connectivity index (χ0n) is 22.7. The molecule has 0 aliphatic rings. The third-order valence-corrected chi connectivity index (χ3v) is 6.60. The van der Waals surface area contributed by atoms with Crippen molar-refractivity contribution in [2.24, 2.45) is 11.8 Å². The molecule has 0 aromatic rings. The summed E-state index contributed by atoms with van der Waals surface area (Å²) in [4.78, 5) is 11.8. The van der Waals surface area contributed by atoms with Crippen LogP contribution in [0.4, 0.5) is 0 Å². The van der Waals surface area contributed by atoms with Crippen molar-refractivity contribution in [3.8, 4) is 0 Å². The van der Waals surface area contributed by atoms with Gasteiger partial charge in [-0.05, 0) is 24.7 Å². The SMILES string of the molecule is CC(C)CCCCCCCCCCCCCCCOC(=O)CCCCCCCCC(C)C. The summed E-state index contributed by atoms with van der Waals surface area (Å²) in [6.45, 7) is 9.88. The highest BCUT2D eigenvalue weighted by Crippen LogP contribution is 2.15. The topological polar surface area (TPSA) is 26.3 Å². The van der Waals surface area contributed by atoms with E-state index in [0.29, 0.717) is 13.0 Å². The first-order valence-electron chi connectivity index (χ1n) is 14.7. The van der Waals surface area contributed by atoms with Gasteiger partial charge in [0, 0.05) is 6.42 Å². The summed E-state index contributed by atoms with van der Waals surface area (Å²) in [6.07, 6.45) is 28.5. The fourth-order valence-electron chi connectivity index (χ4n) is 4.39. The summed E-state index contributed by atoms with van der Waals surface area (Å²) in [6, 6.07) is 0. The van der Waals surface area contributed by atoms with Crippen molar-refractivity contribution < 1.29 is 9.53 Å². The van der Waals surface area contributed by atoms with Gasteiger partial charge in [0.15, 0.2) is 0 Å². The molecule has 0 spiro atoms. The van der Waals surface area contributed by atoms with Crippen LogP contribution in [0.3, 0.4) is 0 Å². The largest absolute Gasteiger partial charge is 0.466 e. The lowest BCUT2D eigenvalue weighted by molar-refractivity contribution is -0.143. The van der Waals surface area contributed by atoms with E-state index in [1.165, 1.54) is 122 Å². The molecule has 32 heavy (non-hydrogen) atoms. The van der Waals surface area contributed by atoms with Crippen LogP contribution in [-0.4, -0.2) is 12.6 Å². The molecule has 0 N–H and O–H groups in total. The smallest absolute Gasteiger partial charge is 0.305 e. The number of hydrogen-bond donors (Lipinski definition) is 0. The van der Waals surface area contributed by atoms with Gasteiger partial charge in [-0.15, -0.1) is 0 Å². The van der Waals surface area contributed by atoms with Gasteiger partial charge in [-0.2, -0.15) is 0 Å². The fraction of sp³-hybridized carbons (Fsp3) is 0.967. The van der Waals surface area contributed by atoms with Gasteiger partial charge in [-0.1, -0.05) is 150 Å². The second-order valence-electron chi connectivity index (χ2n) is 11.1. The van der Waals surface area contributed by atoms with Crippen molar-refractivity contribution in [2.75, 3.05) is 6.61 Å². The van der Waals surface area contributed by atoms with E-state index in [1.54, 1.807) is 0 Å². The molecule has 0 saturated heterocycles. The molecule has 0 atom stereocenters. The molecule has 0 fully saturated rings. The Morgan fingerprint density at radius 1 is 0.469 bits per heavy atom. The Kier molecular flexibility index (Phi) is 24.7. The minimum atomic E-state index is 0.0183.